The summed E-state index contributed by atoms with van der Waals surface area (Å²) in [6.45, 7) is 3.70. The van der Waals surface area contributed by atoms with Gasteiger partial charge < -0.3 is 4.42 Å². The normalized spacial score (nSPS) is 11.7. The number of aryl methyl sites for hydroxylation is 2. The van der Waals surface area contributed by atoms with Gasteiger partial charge in [-0.1, -0.05) is 17.7 Å². The Bertz CT molecular complexity index is 630. The molecular weight excluding hydrogens is 252 g/mol. The first-order valence-corrected chi connectivity index (χ1v) is 6.93. The van der Waals surface area contributed by atoms with E-state index in [0.29, 0.717) is 11.7 Å². The van der Waals surface area contributed by atoms with Crippen LogP contribution in [0.1, 0.15) is 17.2 Å². The molecule has 2 rings (SSSR count). The van der Waals surface area contributed by atoms with E-state index in [0.717, 1.165) is 5.56 Å². The van der Waals surface area contributed by atoms with E-state index in [9.17, 15) is 8.42 Å². The Labute approximate surface area is 106 Å². The summed E-state index contributed by atoms with van der Waals surface area (Å²) >= 11 is 0. The van der Waals surface area contributed by atoms with E-state index >= 15 is 0 Å². The van der Waals surface area contributed by atoms with Gasteiger partial charge in [-0.2, -0.15) is 0 Å². The molecule has 0 aliphatic carbocycles. The molecule has 1 aromatic heterocycles. The Morgan fingerprint density at radius 2 is 1.89 bits per heavy atom. The summed E-state index contributed by atoms with van der Waals surface area (Å²) < 4.78 is 31.5. The predicted octanol–water partition coefficient (Wildman–Crippen LogP) is 1.77. The third kappa shape index (κ3) is 2.96. The van der Waals surface area contributed by atoms with Crippen LogP contribution in [0.3, 0.4) is 0 Å². The molecule has 96 valence electrons. The first-order valence-electron chi connectivity index (χ1n) is 5.45. The van der Waals surface area contributed by atoms with Gasteiger partial charge in [0.15, 0.2) is 0 Å². The van der Waals surface area contributed by atoms with Crippen molar-refractivity contribution in [2.75, 3.05) is 0 Å². The largest absolute Gasteiger partial charge is 0.445 e. The van der Waals surface area contributed by atoms with Gasteiger partial charge in [0.25, 0.3) is 0 Å². The Balaban J connectivity index is 2.10. The van der Waals surface area contributed by atoms with Crippen LogP contribution in [0.2, 0.25) is 0 Å². The monoisotopic (exact) mass is 266 g/mol. The van der Waals surface area contributed by atoms with E-state index in [-0.39, 0.29) is 11.4 Å². The van der Waals surface area contributed by atoms with Crippen molar-refractivity contribution >= 4 is 10.0 Å². The summed E-state index contributed by atoms with van der Waals surface area (Å²) in [6.07, 6.45) is 1.55. The average Bonchev–Trinajstić information content (AvgIpc) is 2.73. The van der Waals surface area contributed by atoms with Gasteiger partial charge in [0.1, 0.15) is 5.76 Å². The Hall–Kier alpha value is -1.66. The van der Waals surface area contributed by atoms with Crippen LogP contribution in [-0.4, -0.2) is 13.4 Å². The van der Waals surface area contributed by atoms with Crippen molar-refractivity contribution in [2.24, 2.45) is 0 Å². The Kier molecular flexibility index (Phi) is 3.49. The van der Waals surface area contributed by atoms with Crippen LogP contribution in [-0.2, 0) is 16.6 Å². The van der Waals surface area contributed by atoms with Crippen molar-refractivity contribution in [3.05, 3.63) is 47.7 Å². The fourth-order valence-corrected chi connectivity index (χ4v) is 2.42. The van der Waals surface area contributed by atoms with E-state index in [1.807, 2.05) is 6.92 Å². The molecule has 2 aromatic rings. The second kappa shape index (κ2) is 4.91. The molecule has 0 aliphatic rings. The standard InChI is InChI=1S/C12H14N2O3S/c1-9-3-5-11(6-4-9)18(15,16)14-8-12-13-7-10(2)17-12/h3-7,14H,8H2,1-2H3. The molecule has 6 heteroatoms. The lowest BCUT2D eigenvalue weighted by Gasteiger charge is -2.05. The summed E-state index contributed by atoms with van der Waals surface area (Å²) in [6, 6.07) is 6.64. The van der Waals surface area contributed by atoms with Crippen LogP contribution in [0, 0.1) is 13.8 Å². The highest BCUT2D eigenvalue weighted by molar-refractivity contribution is 7.89. The first kappa shape index (κ1) is 12.8. The molecule has 1 aromatic carbocycles. The molecule has 0 saturated carbocycles. The molecule has 0 bridgehead atoms. The van der Waals surface area contributed by atoms with Gasteiger partial charge in [-0.3, -0.25) is 0 Å². The zero-order valence-electron chi connectivity index (χ0n) is 10.2. The van der Waals surface area contributed by atoms with E-state index < -0.39 is 10.0 Å². The molecule has 1 heterocycles. The minimum absolute atomic E-state index is 0.0457. The van der Waals surface area contributed by atoms with Crippen LogP contribution >= 0.6 is 0 Å². The van der Waals surface area contributed by atoms with Crippen LogP contribution in [0.4, 0.5) is 0 Å². The summed E-state index contributed by atoms with van der Waals surface area (Å²) in [7, 11) is -3.52. The zero-order valence-corrected chi connectivity index (χ0v) is 11.0. The Morgan fingerprint density at radius 1 is 1.22 bits per heavy atom. The number of hydrogen-bond acceptors (Lipinski definition) is 4. The van der Waals surface area contributed by atoms with Gasteiger partial charge in [-0.15, -0.1) is 0 Å². The molecule has 5 nitrogen and oxygen atoms in total. The SMILES string of the molecule is Cc1ccc(S(=O)(=O)NCc2ncc(C)o2)cc1. The maximum atomic E-state index is 11.9. The zero-order chi connectivity index (χ0) is 13.2. The van der Waals surface area contributed by atoms with Gasteiger partial charge >= 0.3 is 0 Å². The number of hydrogen-bond donors (Lipinski definition) is 1. The van der Waals surface area contributed by atoms with Crippen molar-refractivity contribution in [1.82, 2.24) is 9.71 Å². The van der Waals surface area contributed by atoms with Gasteiger partial charge in [0.05, 0.1) is 17.6 Å². The molecule has 0 unspecified atom stereocenters. The van der Waals surface area contributed by atoms with E-state index in [1.54, 1.807) is 37.4 Å². The molecule has 18 heavy (non-hydrogen) atoms. The van der Waals surface area contributed by atoms with E-state index in [4.69, 9.17) is 4.42 Å². The molecule has 0 radical (unpaired) electrons. The number of benzene rings is 1. The molecule has 1 N–H and O–H groups in total. The average molecular weight is 266 g/mol. The summed E-state index contributed by atoms with van der Waals surface area (Å²) in [5.74, 6) is 1.00. The van der Waals surface area contributed by atoms with Gasteiger partial charge in [0, 0.05) is 0 Å². The summed E-state index contributed by atoms with van der Waals surface area (Å²) in [5.41, 5.74) is 1.01. The number of rotatable bonds is 4. The fourth-order valence-electron chi connectivity index (χ4n) is 1.44. The second-order valence-electron chi connectivity index (χ2n) is 4.00. The van der Waals surface area contributed by atoms with Crippen molar-refractivity contribution in [1.29, 1.82) is 0 Å². The highest BCUT2D eigenvalue weighted by Gasteiger charge is 2.14. The van der Waals surface area contributed by atoms with Crippen molar-refractivity contribution < 1.29 is 12.8 Å². The topological polar surface area (TPSA) is 72.2 Å². The van der Waals surface area contributed by atoms with E-state index in [1.165, 1.54) is 0 Å². The van der Waals surface area contributed by atoms with E-state index in [2.05, 4.69) is 9.71 Å². The molecule has 0 amide bonds. The molecule has 0 fully saturated rings. The maximum absolute atomic E-state index is 11.9. The van der Waals surface area contributed by atoms with Crippen LogP contribution in [0.5, 0.6) is 0 Å². The molecule has 0 aliphatic heterocycles. The summed E-state index contributed by atoms with van der Waals surface area (Å²) in [5, 5.41) is 0. The smallest absolute Gasteiger partial charge is 0.241 e. The third-order valence-electron chi connectivity index (χ3n) is 2.41. The number of nitrogens with zero attached hydrogens (tertiary/aromatic N) is 1. The van der Waals surface area contributed by atoms with Crippen LogP contribution in [0.15, 0.2) is 39.8 Å². The number of sulfonamides is 1. The minimum atomic E-state index is -3.52. The Morgan fingerprint density at radius 3 is 2.44 bits per heavy atom. The van der Waals surface area contributed by atoms with Crippen molar-refractivity contribution in [2.45, 2.75) is 25.3 Å². The quantitative estimate of drug-likeness (QED) is 0.915. The van der Waals surface area contributed by atoms with Crippen LogP contribution in [0.25, 0.3) is 0 Å². The molecule has 0 atom stereocenters. The fraction of sp³-hybridized carbons (Fsp3) is 0.250. The number of aromatic nitrogens is 1. The number of nitrogens with one attached hydrogen (secondary N) is 1. The van der Waals surface area contributed by atoms with Gasteiger partial charge in [-0.05, 0) is 26.0 Å². The molecule has 0 spiro atoms. The molecule has 0 saturated heterocycles. The predicted molar refractivity (Wildman–Crippen MR) is 66.4 cm³/mol. The highest BCUT2D eigenvalue weighted by atomic mass is 32.2. The minimum Gasteiger partial charge on any atom is -0.445 e. The van der Waals surface area contributed by atoms with Crippen LogP contribution < -0.4 is 4.72 Å². The highest BCUT2D eigenvalue weighted by Crippen LogP contribution is 2.10. The lowest BCUT2D eigenvalue weighted by atomic mass is 10.2. The van der Waals surface area contributed by atoms with Gasteiger partial charge in [0.2, 0.25) is 15.9 Å². The van der Waals surface area contributed by atoms with Gasteiger partial charge in [-0.25, -0.2) is 18.1 Å². The first-order chi connectivity index (χ1) is 8.47. The maximum Gasteiger partial charge on any atom is 0.241 e. The lowest BCUT2D eigenvalue weighted by Crippen LogP contribution is -2.23. The number of oxazole rings is 1. The van der Waals surface area contributed by atoms with Crippen molar-refractivity contribution in [3.8, 4) is 0 Å². The third-order valence-corrected chi connectivity index (χ3v) is 3.83. The lowest BCUT2D eigenvalue weighted by molar-refractivity contribution is 0.463. The summed E-state index contributed by atoms with van der Waals surface area (Å²) in [4.78, 5) is 4.17. The van der Waals surface area contributed by atoms with Crippen molar-refractivity contribution in [3.63, 3.8) is 0 Å². The second-order valence-corrected chi connectivity index (χ2v) is 5.77. The molecular formula is C12H14N2O3S.